The maximum atomic E-state index is 6.34. The Morgan fingerprint density at radius 3 is 2.80 bits per heavy atom. The van der Waals surface area contributed by atoms with Crippen molar-refractivity contribution >= 4 is 11.3 Å². The van der Waals surface area contributed by atoms with Crippen LogP contribution in [0.4, 0.5) is 0 Å². The van der Waals surface area contributed by atoms with Crippen molar-refractivity contribution in [2.45, 2.75) is 50.9 Å². The van der Waals surface area contributed by atoms with Gasteiger partial charge < -0.3 is 9.15 Å². The number of nitrogens with zero attached hydrogens (tertiary/aromatic N) is 2. The van der Waals surface area contributed by atoms with Crippen LogP contribution in [0.2, 0.25) is 0 Å². The number of piperidine rings is 1. The second-order valence-electron chi connectivity index (χ2n) is 7.63. The quantitative estimate of drug-likeness (QED) is 0.808. The van der Waals surface area contributed by atoms with E-state index in [1.165, 1.54) is 9.75 Å². The molecule has 2 saturated heterocycles. The fourth-order valence-corrected chi connectivity index (χ4v) is 5.07. The molecule has 0 saturated carbocycles. The van der Waals surface area contributed by atoms with Crippen LogP contribution in [-0.2, 0) is 17.8 Å². The molecule has 2 aliphatic rings. The molecule has 4 rings (SSSR count). The Balaban J connectivity index is 1.28. The Hall–Kier alpha value is -1.14. The second kappa shape index (κ2) is 7.23. The zero-order valence-corrected chi connectivity index (χ0v) is 16.1. The normalized spacial score (nSPS) is 23.7. The molecule has 1 atom stereocenters. The van der Waals surface area contributed by atoms with Gasteiger partial charge >= 0.3 is 0 Å². The molecule has 0 aromatic carbocycles. The third kappa shape index (κ3) is 4.00. The summed E-state index contributed by atoms with van der Waals surface area (Å²) in [4.78, 5) is 7.86. The summed E-state index contributed by atoms with van der Waals surface area (Å²) in [7, 11) is 2.18. The van der Waals surface area contributed by atoms with E-state index in [1.807, 2.05) is 23.5 Å². The molecule has 2 fully saturated rings. The van der Waals surface area contributed by atoms with E-state index in [0.29, 0.717) is 6.04 Å². The highest BCUT2D eigenvalue weighted by Crippen LogP contribution is 2.38. The van der Waals surface area contributed by atoms with Crippen LogP contribution in [0, 0.1) is 6.92 Å². The van der Waals surface area contributed by atoms with Gasteiger partial charge in [-0.3, -0.25) is 9.80 Å². The molecule has 0 amide bonds. The van der Waals surface area contributed by atoms with Crippen LogP contribution in [0.5, 0.6) is 0 Å². The zero-order valence-electron chi connectivity index (χ0n) is 15.2. The van der Waals surface area contributed by atoms with Gasteiger partial charge in [0.2, 0.25) is 0 Å². The predicted molar refractivity (Wildman–Crippen MR) is 101 cm³/mol. The smallest absolute Gasteiger partial charge is 0.117 e. The van der Waals surface area contributed by atoms with Crippen LogP contribution in [0.3, 0.4) is 0 Å². The predicted octanol–water partition coefficient (Wildman–Crippen LogP) is 3.91. The maximum Gasteiger partial charge on any atom is 0.117 e. The molecule has 5 heteroatoms. The Morgan fingerprint density at radius 2 is 2.12 bits per heavy atom. The average molecular weight is 361 g/mol. The molecule has 2 aliphatic heterocycles. The van der Waals surface area contributed by atoms with Crippen molar-refractivity contribution in [3.05, 3.63) is 46.0 Å². The summed E-state index contributed by atoms with van der Waals surface area (Å²) < 4.78 is 11.8. The lowest BCUT2D eigenvalue weighted by Gasteiger charge is -2.38. The summed E-state index contributed by atoms with van der Waals surface area (Å²) in [5.41, 5.74) is 0.101. The van der Waals surface area contributed by atoms with Crippen LogP contribution >= 0.6 is 11.3 Å². The largest absolute Gasteiger partial charge is 0.468 e. The summed E-state index contributed by atoms with van der Waals surface area (Å²) in [6.45, 7) is 7.28. The molecule has 0 bridgehead atoms. The number of hydrogen-bond donors (Lipinski definition) is 0. The van der Waals surface area contributed by atoms with Gasteiger partial charge in [-0.1, -0.05) is 0 Å². The maximum absolute atomic E-state index is 6.34. The molecule has 25 heavy (non-hydrogen) atoms. The van der Waals surface area contributed by atoms with Crippen LogP contribution in [-0.4, -0.2) is 48.2 Å². The van der Waals surface area contributed by atoms with E-state index in [2.05, 4.69) is 35.9 Å². The van der Waals surface area contributed by atoms with Crippen molar-refractivity contribution in [1.29, 1.82) is 0 Å². The van der Waals surface area contributed by atoms with E-state index in [4.69, 9.17) is 9.15 Å². The van der Waals surface area contributed by atoms with Gasteiger partial charge in [-0.05, 0) is 57.5 Å². The zero-order chi connectivity index (χ0) is 17.3. The first kappa shape index (κ1) is 17.3. The number of furan rings is 1. The van der Waals surface area contributed by atoms with Gasteiger partial charge in [0.15, 0.2) is 0 Å². The van der Waals surface area contributed by atoms with E-state index in [1.54, 1.807) is 6.26 Å². The lowest BCUT2D eigenvalue weighted by Crippen LogP contribution is -2.44. The molecule has 0 radical (unpaired) electrons. The highest BCUT2D eigenvalue weighted by molar-refractivity contribution is 7.11. The Bertz CT molecular complexity index is 674. The third-order valence-corrected chi connectivity index (χ3v) is 6.73. The minimum absolute atomic E-state index is 0.101. The number of ether oxygens (including phenoxy) is 1. The van der Waals surface area contributed by atoms with E-state index < -0.39 is 0 Å². The number of likely N-dealkylation sites (tertiary alicyclic amines) is 1. The summed E-state index contributed by atoms with van der Waals surface area (Å²) in [5, 5.41) is 0. The van der Waals surface area contributed by atoms with Crippen molar-refractivity contribution in [3.8, 4) is 0 Å². The van der Waals surface area contributed by atoms with Crippen LogP contribution in [0.25, 0.3) is 0 Å². The van der Waals surface area contributed by atoms with Crippen molar-refractivity contribution in [3.63, 3.8) is 0 Å². The van der Waals surface area contributed by atoms with Gasteiger partial charge in [-0.25, -0.2) is 0 Å². The molecule has 0 unspecified atom stereocenters. The topological polar surface area (TPSA) is 28.9 Å². The lowest BCUT2D eigenvalue weighted by atomic mass is 9.87. The summed E-state index contributed by atoms with van der Waals surface area (Å²) >= 11 is 1.92. The minimum Gasteiger partial charge on any atom is -0.468 e. The van der Waals surface area contributed by atoms with E-state index in [-0.39, 0.29) is 5.60 Å². The first-order valence-electron chi connectivity index (χ1n) is 9.26. The van der Waals surface area contributed by atoms with Crippen LogP contribution in [0.1, 0.15) is 34.8 Å². The number of likely N-dealkylation sites (N-methyl/N-ethyl adjacent to an activating group) is 1. The number of aryl methyl sites for hydroxylation is 1. The summed E-state index contributed by atoms with van der Waals surface area (Å²) in [5.74, 6) is 1.03. The van der Waals surface area contributed by atoms with Gasteiger partial charge in [-0.15, -0.1) is 11.3 Å². The molecular weight excluding hydrogens is 332 g/mol. The van der Waals surface area contributed by atoms with Crippen molar-refractivity contribution < 1.29 is 9.15 Å². The molecule has 4 nitrogen and oxygen atoms in total. The Kier molecular flexibility index (Phi) is 5.00. The van der Waals surface area contributed by atoms with Crippen molar-refractivity contribution in [2.75, 3.05) is 26.7 Å². The standard InChI is InChI=1S/C20H28N2O2S/c1-16-5-6-19(25-16)14-22-9-7-20(8-10-22)12-17(15-24-20)21(2)13-18-4-3-11-23-18/h3-6,11,17H,7-10,12-15H2,1-2H3/t17-/m0/s1. The molecule has 2 aromatic heterocycles. The van der Waals surface area contributed by atoms with Crippen LogP contribution < -0.4 is 0 Å². The fraction of sp³-hybridized carbons (Fsp3) is 0.600. The van der Waals surface area contributed by atoms with Crippen molar-refractivity contribution in [2.24, 2.45) is 0 Å². The summed E-state index contributed by atoms with van der Waals surface area (Å²) in [6, 6.07) is 9.01. The average Bonchev–Trinajstić information content (AvgIpc) is 3.33. The third-order valence-electron chi connectivity index (χ3n) is 5.74. The van der Waals surface area contributed by atoms with Gasteiger partial charge in [0.1, 0.15) is 5.76 Å². The monoisotopic (exact) mass is 360 g/mol. The fourth-order valence-electron chi connectivity index (χ4n) is 4.14. The number of rotatable bonds is 5. The molecule has 4 heterocycles. The molecule has 2 aromatic rings. The molecule has 0 aliphatic carbocycles. The number of thiophene rings is 1. The first-order chi connectivity index (χ1) is 12.1. The second-order valence-corrected chi connectivity index (χ2v) is 9.01. The first-order valence-corrected chi connectivity index (χ1v) is 10.1. The van der Waals surface area contributed by atoms with Gasteiger partial charge in [-0.2, -0.15) is 0 Å². The Morgan fingerprint density at radius 1 is 1.28 bits per heavy atom. The molecular formula is C20H28N2O2S. The minimum atomic E-state index is 0.101. The molecule has 0 N–H and O–H groups in total. The van der Waals surface area contributed by atoms with Crippen molar-refractivity contribution in [1.82, 2.24) is 9.80 Å². The van der Waals surface area contributed by atoms with E-state index in [9.17, 15) is 0 Å². The molecule has 136 valence electrons. The summed E-state index contributed by atoms with van der Waals surface area (Å²) in [6.07, 6.45) is 5.21. The van der Waals surface area contributed by atoms with Crippen LogP contribution in [0.15, 0.2) is 34.9 Å². The van der Waals surface area contributed by atoms with Gasteiger partial charge in [0.05, 0.1) is 25.0 Å². The number of hydrogen-bond acceptors (Lipinski definition) is 5. The SMILES string of the molecule is Cc1ccc(CN2CCC3(CC2)C[C@H](N(C)Cc2ccco2)CO3)s1. The van der Waals surface area contributed by atoms with Gasteiger partial charge in [0.25, 0.3) is 0 Å². The highest BCUT2D eigenvalue weighted by Gasteiger charge is 2.43. The van der Waals surface area contributed by atoms with Gasteiger partial charge in [0, 0.05) is 35.4 Å². The molecule has 1 spiro atoms. The highest BCUT2D eigenvalue weighted by atomic mass is 32.1. The Labute approximate surface area is 154 Å². The lowest BCUT2D eigenvalue weighted by molar-refractivity contribution is -0.0451. The van der Waals surface area contributed by atoms with E-state index in [0.717, 1.165) is 57.8 Å². The van der Waals surface area contributed by atoms with E-state index >= 15 is 0 Å².